The maximum absolute atomic E-state index is 12.4. The Morgan fingerprint density at radius 1 is 0.853 bits per heavy atom. The van der Waals surface area contributed by atoms with Crippen molar-refractivity contribution in [3.05, 3.63) is 23.8 Å². The van der Waals surface area contributed by atoms with Gasteiger partial charge in [-0.1, -0.05) is 33.3 Å². The average Bonchev–Trinajstić information content (AvgIpc) is 2.78. The second kappa shape index (κ2) is 15.8. The number of esters is 4. The second-order valence-electron chi connectivity index (χ2n) is 8.07. The Balaban J connectivity index is 2.77. The summed E-state index contributed by atoms with van der Waals surface area (Å²) in [6.45, 7) is 7.24. The van der Waals surface area contributed by atoms with E-state index in [4.69, 9.17) is 24.7 Å². The van der Waals surface area contributed by atoms with Crippen molar-refractivity contribution in [1.29, 1.82) is 0 Å². The van der Waals surface area contributed by atoms with Gasteiger partial charge in [-0.25, -0.2) is 0 Å². The molecule has 1 rings (SSSR count). The number of ether oxygens (including phenoxy) is 4. The average molecular weight is 480 g/mol. The molecule has 1 aromatic carbocycles. The lowest BCUT2D eigenvalue weighted by molar-refractivity contribution is -0.159. The van der Waals surface area contributed by atoms with E-state index < -0.39 is 30.1 Å². The van der Waals surface area contributed by atoms with Crippen molar-refractivity contribution in [3.8, 4) is 11.5 Å². The Kier molecular flexibility index (Phi) is 13.5. The molecule has 0 aliphatic heterocycles. The summed E-state index contributed by atoms with van der Waals surface area (Å²) in [5.41, 5.74) is 6.60. The third-order valence-corrected chi connectivity index (χ3v) is 4.65. The van der Waals surface area contributed by atoms with Gasteiger partial charge >= 0.3 is 23.9 Å². The number of carbonyl (C=O) groups is 4. The Morgan fingerprint density at radius 2 is 1.47 bits per heavy atom. The van der Waals surface area contributed by atoms with E-state index in [-0.39, 0.29) is 43.3 Å². The fraction of sp³-hybridized carbons (Fsp3) is 0.600. The third kappa shape index (κ3) is 11.3. The number of nitrogens with two attached hydrogens (primary N) is 1. The van der Waals surface area contributed by atoms with Crippen molar-refractivity contribution in [2.45, 2.75) is 91.2 Å². The molecule has 2 N–H and O–H groups in total. The van der Waals surface area contributed by atoms with E-state index in [9.17, 15) is 19.2 Å². The summed E-state index contributed by atoms with van der Waals surface area (Å²) in [4.78, 5) is 47.9. The molecule has 190 valence electrons. The van der Waals surface area contributed by atoms with Gasteiger partial charge in [0.1, 0.15) is 18.8 Å². The van der Waals surface area contributed by atoms with Crippen molar-refractivity contribution >= 4 is 23.9 Å². The molecular formula is C25H37NO8. The molecule has 2 atom stereocenters. The molecule has 0 aromatic heterocycles. The molecule has 0 saturated heterocycles. The van der Waals surface area contributed by atoms with Crippen molar-refractivity contribution in [2.24, 2.45) is 5.73 Å². The van der Waals surface area contributed by atoms with Crippen LogP contribution in [-0.4, -0.2) is 42.6 Å². The molecule has 0 bridgehead atoms. The predicted octanol–water partition coefficient (Wildman–Crippen LogP) is 3.63. The van der Waals surface area contributed by atoms with E-state index in [0.717, 1.165) is 12.8 Å². The first-order chi connectivity index (χ1) is 16.2. The largest absolute Gasteiger partial charge is 0.462 e. The van der Waals surface area contributed by atoms with Crippen LogP contribution in [0.2, 0.25) is 0 Å². The summed E-state index contributed by atoms with van der Waals surface area (Å²) in [6, 6.07) is 3.67. The van der Waals surface area contributed by atoms with Crippen LogP contribution in [0.25, 0.3) is 0 Å². The zero-order valence-electron chi connectivity index (χ0n) is 20.6. The van der Waals surface area contributed by atoms with Crippen molar-refractivity contribution in [2.75, 3.05) is 6.61 Å². The van der Waals surface area contributed by atoms with Gasteiger partial charge in [-0.15, -0.1) is 0 Å². The Labute approximate surface area is 201 Å². The molecule has 0 aliphatic rings. The summed E-state index contributed by atoms with van der Waals surface area (Å²) in [5, 5.41) is 0. The summed E-state index contributed by atoms with van der Waals surface area (Å²) in [5.74, 6) is -1.67. The van der Waals surface area contributed by atoms with Crippen LogP contribution in [0.4, 0.5) is 0 Å². The van der Waals surface area contributed by atoms with E-state index in [1.54, 1.807) is 13.0 Å². The minimum atomic E-state index is -0.995. The summed E-state index contributed by atoms with van der Waals surface area (Å²) < 4.78 is 21.1. The molecule has 0 fully saturated rings. The summed E-state index contributed by atoms with van der Waals surface area (Å²) >= 11 is 0. The van der Waals surface area contributed by atoms with Gasteiger partial charge in [-0.3, -0.25) is 19.2 Å². The van der Waals surface area contributed by atoms with Gasteiger partial charge in [-0.05, 0) is 50.3 Å². The normalized spacial score (nSPS) is 12.4. The first kappa shape index (κ1) is 29.1. The van der Waals surface area contributed by atoms with Gasteiger partial charge in [0.2, 0.25) is 0 Å². The van der Waals surface area contributed by atoms with Crippen molar-refractivity contribution in [3.63, 3.8) is 0 Å². The van der Waals surface area contributed by atoms with Crippen LogP contribution in [0.3, 0.4) is 0 Å². The molecule has 9 heteroatoms. The van der Waals surface area contributed by atoms with Crippen molar-refractivity contribution < 1.29 is 38.1 Å². The summed E-state index contributed by atoms with van der Waals surface area (Å²) in [7, 11) is 0. The lowest BCUT2D eigenvalue weighted by Gasteiger charge is -2.17. The summed E-state index contributed by atoms with van der Waals surface area (Å²) in [6.07, 6.45) is 3.07. The zero-order chi connectivity index (χ0) is 25.5. The maximum Gasteiger partial charge on any atom is 0.323 e. The predicted molar refractivity (Wildman–Crippen MR) is 125 cm³/mol. The minimum absolute atomic E-state index is 0.0453. The molecule has 0 spiro atoms. The highest BCUT2D eigenvalue weighted by atomic mass is 16.6. The topological polar surface area (TPSA) is 131 Å². The molecule has 1 aromatic rings. The number of unbranched alkanes of at least 4 members (excludes halogenated alkanes) is 1. The van der Waals surface area contributed by atoms with Crippen molar-refractivity contribution in [1.82, 2.24) is 0 Å². The number of hydrogen-bond donors (Lipinski definition) is 1. The highest BCUT2D eigenvalue weighted by molar-refractivity contribution is 5.77. The number of benzene rings is 1. The van der Waals surface area contributed by atoms with E-state index in [1.807, 2.05) is 20.8 Å². The van der Waals surface area contributed by atoms with Gasteiger partial charge in [-0.2, -0.15) is 0 Å². The van der Waals surface area contributed by atoms with Crippen LogP contribution >= 0.6 is 0 Å². The molecule has 0 amide bonds. The van der Waals surface area contributed by atoms with Crippen LogP contribution in [-0.2, 0) is 35.1 Å². The van der Waals surface area contributed by atoms with E-state index >= 15 is 0 Å². The van der Waals surface area contributed by atoms with E-state index in [1.165, 1.54) is 12.1 Å². The quantitative estimate of drug-likeness (QED) is 0.296. The number of hydrogen-bond acceptors (Lipinski definition) is 9. The van der Waals surface area contributed by atoms with Gasteiger partial charge in [0, 0.05) is 19.3 Å². The van der Waals surface area contributed by atoms with Crippen LogP contribution < -0.4 is 15.2 Å². The van der Waals surface area contributed by atoms with Crippen LogP contribution in [0.1, 0.15) is 78.2 Å². The molecule has 0 aliphatic carbocycles. The van der Waals surface area contributed by atoms with E-state index in [0.29, 0.717) is 24.8 Å². The molecule has 34 heavy (non-hydrogen) atoms. The fourth-order valence-corrected chi connectivity index (χ4v) is 2.86. The minimum Gasteiger partial charge on any atom is -0.462 e. The fourth-order valence-electron chi connectivity index (χ4n) is 2.86. The Morgan fingerprint density at radius 3 is 2.06 bits per heavy atom. The van der Waals surface area contributed by atoms with Gasteiger partial charge < -0.3 is 24.7 Å². The lowest BCUT2D eigenvalue weighted by Crippen LogP contribution is -2.37. The first-order valence-corrected chi connectivity index (χ1v) is 11.9. The number of carbonyl (C=O) groups excluding carboxylic acids is 4. The van der Waals surface area contributed by atoms with Crippen LogP contribution in [0.15, 0.2) is 18.2 Å². The first-order valence-electron chi connectivity index (χ1n) is 11.9. The second-order valence-corrected chi connectivity index (χ2v) is 8.07. The van der Waals surface area contributed by atoms with Crippen LogP contribution in [0, 0.1) is 0 Å². The maximum atomic E-state index is 12.4. The SMILES string of the molecule is CCCCC(=O)OC[C@H](C)OC(=O)[C@@H](N)Cc1ccc(OC(=O)CCC)c(OC(=O)CCC)c1. The highest BCUT2D eigenvalue weighted by Crippen LogP contribution is 2.30. The molecule has 0 heterocycles. The van der Waals surface area contributed by atoms with Gasteiger partial charge in [0.25, 0.3) is 0 Å². The monoisotopic (exact) mass is 479 g/mol. The van der Waals surface area contributed by atoms with Crippen LogP contribution in [0.5, 0.6) is 11.5 Å². The molecule has 9 nitrogen and oxygen atoms in total. The van der Waals surface area contributed by atoms with Gasteiger partial charge in [0.15, 0.2) is 11.5 Å². The Hall–Kier alpha value is -2.94. The lowest BCUT2D eigenvalue weighted by atomic mass is 10.1. The molecular weight excluding hydrogens is 442 g/mol. The zero-order valence-corrected chi connectivity index (χ0v) is 20.6. The molecule has 0 unspecified atom stereocenters. The van der Waals surface area contributed by atoms with E-state index in [2.05, 4.69) is 0 Å². The molecule has 0 radical (unpaired) electrons. The Bertz CT molecular complexity index is 823. The molecule has 0 saturated carbocycles. The smallest absolute Gasteiger partial charge is 0.323 e. The standard InChI is InChI=1S/C25H37NO8/c1-5-8-11-22(27)31-16-17(4)32-25(30)19(26)14-18-12-13-20(33-23(28)9-6-2)21(15-18)34-24(29)10-7-3/h12-13,15,17,19H,5-11,14,16,26H2,1-4H3/t17-,19-/m0/s1. The highest BCUT2D eigenvalue weighted by Gasteiger charge is 2.21. The van der Waals surface area contributed by atoms with Gasteiger partial charge in [0.05, 0.1) is 0 Å². The third-order valence-electron chi connectivity index (χ3n) is 4.65. The number of rotatable bonds is 15.